The molecule has 0 unspecified atom stereocenters. The Kier molecular flexibility index (Phi) is 6.36. The smallest absolute Gasteiger partial charge is 0.0508 e. The molecule has 1 N–H and O–H groups in total. The molecule has 2 aromatic carbocycles. The summed E-state index contributed by atoms with van der Waals surface area (Å²) in [5.41, 5.74) is 4.03. The largest absolute Gasteiger partial charge is 0.368 e. The van der Waals surface area contributed by atoms with Crippen LogP contribution in [0.25, 0.3) is 0 Å². The second-order valence-corrected chi connectivity index (χ2v) is 6.75. The topological polar surface area (TPSA) is 15.3 Å². The second-order valence-electron chi connectivity index (χ2n) is 5.63. The standard InChI is InChI=1S/C18H22N2S.BrH/c1-14-11-15(2)13-16(12-14)21-18-6-4-3-5-17(18)20-9-7-19-8-10-20;/h3-6,11-13,19H,7-10H2,1-2H3;1H. The molecule has 1 heterocycles. The third-order valence-corrected chi connectivity index (χ3v) is 4.78. The lowest BCUT2D eigenvalue weighted by atomic mass is 10.2. The van der Waals surface area contributed by atoms with E-state index in [1.54, 1.807) is 0 Å². The fourth-order valence-corrected chi connectivity index (χ4v) is 4.02. The molecule has 4 heteroatoms. The van der Waals surface area contributed by atoms with Crippen LogP contribution >= 0.6 is 28.7 Å². The molecule has 0 aromatic heterocycles. The Hall–Kier alpha value is -0.970. The van der Waals surface area contributed by atoms with Crippen LogP contribution in [0.15, 0.2) is 52.3 Å². The molecule has 0 saturated carbocycles. The minimum absolute atomic E-state index is 0. The van der Waals surface area contributed by atoms with Gasteiger partial charge in [0.25, 0.3) is 0 Å². The van der Waals surface area contributed by atoms with Gasteiger partial charge in [-0.25, -0.2) is 0 Å². The average molecular weight is 379 g/mol. The van der Waals surface area contributed by atoms with Gasteiger partial charge in [0.2, 0.25) is 0 Å². The minimum atomic E-state index is 0. The van der Waals surface area contributed by atoms with Crippen molar-refractivity contribution in [2.75, 3.05) is 31.1 Å². The van der Waals surface area contributed by atoms with Gasteiger partial charge in [-0.3, -0.25) is 0 Å². The lowest BCUT2D eigenvalue weighted by Gasteiger charge is -2.31. The predicted octanol–water partition coefficient (Wildman–Crippen LogP) is 4.44. The third kappa shape index (κ3) is 4.28. The van der Waals surface area contributed by atoms with E-state index in [2.05, 4.69) is 66.5 Å². The van der Waals surface area contributed by atoms with E-state index in [0.717, 1.165) is 26.2 Å². The summed E-state index contributed by atoms with van der Waals surface area (Å²) in [5.74, 6) is 0. The van der Waals surface area contributed by atoms with Crippen LogP contribution in [-0.2, 0) is 0 Å². The average Bonchev–Trinajstić information content (AvgIpc) is 2.48. The molecule has 2 aromatic rings. The molecule has 1 aliphatic heterocycles. The lowest BCUT2D eigenvalue weighted by molar-refractivity contribution is 0.587. The number of hydrogen-bond acceptors (Lipinski definition) is 3. The number of rotatable bonds is 3. The zero-order valence-corrected chi connectivity index (χ0v) is 15.7. The van der Waals surface area contributed by atoms with Crippen molar-refractivity contribution in [3.05, 3.63) is 53.6 Å². The summed E-state index contributed by atoms with van der Waals surface area (Å²) in [4.78, 5) is 5.17. The molecular formula is C18H23BrN2S. The van der Waals surface area contributed by atoms with Crippen LogP contribution in [0.5, 0.6) is 0 Å². The van der Waals surface area contributed by atoms with Gasteiger partial charge in [0.05, 0.1) is 5.69 Å². The van der Waals surface area contributed by atoms with Crippen LogP contribution in [0.3, 0.4) is 0 Å². The fourth-order valence-electron chi connectivity index (χ4n) is 2.83. The lowest BCUT2D eigenvalue weighted by Crippen LogP contribution is -2.43. The Bertz CT molecular complexity index is 604. The van der Waals surface area contributed by atoms with Crippen molar-refractivity contribution < 1.29 is 0 Å². The number of anilines is 1. The predicted molar refractivity (Wildman–Crippen MR) is 102 cm³/mol. The van der Waals surface area contributed by atoms with Crippen LogP contribution in [0.1, 0.15) is 11.1 Å². The summed E-state index contributed by atoms with van der Waals surface area (Å²) in [6.45, 7) is 8.65. The quantitative estimate of drug-likeness (QED) is 0.849. The van der Waals surface area contributed by atoms with Gasteiger partial charge in [-0.2, -0.15) is 0 Å². The SMILES string of the molecule is Br.Cc1cc(C)cc(Sc2ccccc2N2CCNCC2)c1. The van der Waals surface area contributed by atoms with Gasteiger partial charge >= 0.3 is 0 Å². The van der Waals surface area contributed by atoms with Crippen molar-refractivity contribution in [2.45, 2.75) is 23.6 Å². The molecule has 0 atom stereocenters. The molecule has 118 valence electrons. The number of nitrogens with one attached hydrogen (secondary N) is 1. The molecule has 1 fully saturated rings. The number of aryl methyl sites for hydroxylation is 2. The Morgan fingerprint density at radius 1 is 0.955 bits per heavy atom. The Balaban J connectivity index is 0.00000176. The van der Waals surface area contributed by atoms with Crippen LogP contribution < -0.4 is 10.2 Å². The molecule has 1 aliphatic rings. The summed E-state index contributed by atoms with van der Waals surface area (Å²) in [7, 11) is 0. The monoisotopic (exact) mass is 378 g/mol. The highest BCUT2D eigenvalue weighted by Gasteiger charge is 2.14. The molecule has 0 radical (unpaired) electrons. The summed E-state index contributed by atoms with van der Waals surface area (Å²) in [5, 5.41) is 3.42. The number of benzene rings is 2. The van der Waals surface area contributed by atoms with Gasteiger partial charge < -0.3 is 10.2 Å². The Morgan fingerprint density at radius 3 is 2.27 bits per heavy atom. The molecule has 0 aliphatic carbocycles. The van der Waals surface area contributed by atoms with Crippen LogP contribution in [0.4, 0.5) is 5.69 Å². The number of halogens is 1. The molecule has 3 rings (SSSR count). The first-order valence-electron chi connectivity index (χ1n) is 7.53. The number of hydrogen-bond donors (Lipinski definition) is 1. The van der Waals surface area contributed by atoms with Crippen LogP contribution in [0, 0.1) is 13.8 Å². The van der Waals surface area contributed by atoms with Gasteiger partial charge in [0.1, 0.15) is 0 Å². The first-order valence-corrected chi connectivity index (χ1v) is 8.35. The van der Waals surface area contributed by atoms with Gasteiger partial charge in [0.15, 0.2) is 0 Å². The fraction of sp³-hybridized carbons (Fsp3) is 0.333. The van der Waals surface area contributed by atoms with Gasteiger partial charge in [-0.05, 0) is 49.2 Å². The Labute approximate surface area is 148 Å². The van der Waals surface area contributed by atoms with E-state index >= 15 is 0 Å². The molecular weight excluding hydrogens is 356 g/mol. The van der Waals surface area contributed by atoms with Gasteiger partial charge in [-0.15, -0.1) is 17.0 Å². The number of piperazine rings is 1. The van der Waals surface area contributed by atoms with Crippen molar-refractivity contribution >= 4 is 34.4 Å². The highest BCUT2D eigenvalue weighted by Crippen LogP contribution is 2.36. The van der Waals surface area contributed by atoms with Crippen molar-refractivity contribution in [1.29, 1.82) is 0 Å². The van der Waals surface area contributed by atoms with Crippen molar-refractivity contribution in [3.8, 4) is 0 Å². The van der Waals surface area contributed by atoms with Crippen molar-refractivity contribution in [3.63, 3.8) is 0 Å². The third-order valence-electron chi connectivity index (χ3n) is 3.75. The highest BCUT2D eigenvalue weighted by molar-refractivity contribution is 8.93. The molecule has 0 spiro atoms. The van der Waals surface area contributed by atoms with E-state index in [1.807, 2.05) is 11.8 Å². The van der Waals surface area contributed by atoms with Crippen LogP contribution in [-0.4, -0.2) is 26.2 Å². The van der Waals surface area contributed by atoms with E-state index in [-0.39, 0.29) is 17.0 Å². The van der Waals surface area contributed by atoms with Gasteiger partial charge in [-0.1, -0.05) is 30.0 Å². The van der Waals surface area contributed by atoms with E-state index in [0.29, 0.717) is 0 Å². The zero-order chi connectivity index (χ0) is 14.7. The number of nitrogens with zero attached hydrogens (tertiary/aromatic N) is 1. The zero-order valence-electron chi connectivity index (χ0n) is 13.1. The van der Waals surface area contributed by atoms with E-state index in [4.69, 9.17) is 0 Å². The second kappa shape index (κ2) is 8.04. The first kappa shape index (κ1) is 17.4. The molecule has 1 saturated heterocycles. The molecule has 2 nitrogen and oxygen atoms in total. The molecule has 0 bridgehead atoms. The highest BCUT2D eigenvalue weighted by atomic mass is 79.9. The molecule has 0 amide bonds. The summed E-state index contributed by atoms with van der Waals surface area (Å²) in [6.07, 6.45) is 0. The first-order chi connectivity index (χ1) is 10.2. The summed E-state index contributed by atoms with van der Waals surface area (Å²) < 4.78 is 0. The molecule has 22 heavy (non-hydrogen) atoms. The maximum absolute atomic E-state index is 3.42. The minimum Gasteiger partial charge on any atom is -0.368 e. The van der Waals surface area contributed by atoms with Gasteiger partial charge in [0, 0.05) is 36.0 Å². The Morgan fingerprint density at radius 2 is 1.59 bits per heavy atom. The maximum Gasteiger partial charge on any atom is 0.0508 e. The summed E-state index contributed by atoms with van der Waals surface area (Å²) >= 11 is 1.87. The maximum atomic E-state index is 3.42. The normalized spacial score (nSPS) is 14.5. The van der Waals surface area contributed by atoms with E-state index in [1.165, 1.54) is 26.6 Å². The van der Waals surface area contributed by atoms with Crippen LogP contribution in [0.2, 0.25) is 0 Å². The van der Waals surface area contributed by atoms with Crippen molar-refractivity contribution in [1.82, 2.24) is 5.32 Å². The number of para-hydroxylation sites is 1. The summed E-state index contributed by atoms with van der Waals surface area (Å²) in [6, 6.07) is 15.5. The van der Waals surface area contributed by atoms with E-state index in [9.17, 15) is 0 Å². The van der Waals surface area contributed by atoms with E-state index < -0.39 is 0 Å². The van der Waals surface area contributed by atoms with Crippen molar-refractivity contribution in [2.24, 2.45) is 0 Å².